The highest BCUT2D eigenvalue weighted by Gasteiger charge is 2.17. The standard InChI is InChI=1S/C39H29N/c1-2-11-29-23-26(17-19-27(29)9-1)18-22-38-32-14-6-4-12-30(32)24-39(40-38)37-25-36-31-13-5-3-10-28(31)20-21-35(36)33-15-7-8-16-34(33)37/h1-2,4,6-9,11-12,14-25H,3,5,10,13H2. The van der Waals surface area contributed by atoms with Crippen molar-refractivity contribution >= 4 is 55.2 Å². The summed E-state index contributed by atoms with van der Waals surface area (Å²) in [5, 5.41) is 10.2. The normalized spacial score (nSPS) is 13.5. The molecule has 0 fully saturated rings. The smallest absolute Gasteiger partial charge is 0.0722 e. The van der Waals surface area contributed by atoms with E-state index >= 15 is 0 Å². The predicted octanol–water partition coefficient (Wildman–Crippen LogP) is 10.4. The van der Waals surface area contributed by atoms with Crippen molar-refractivity contribution in [2.45, 2.75) is 25.7 Å². The van der Waals surface area contributed by atoms with E-state index in [0.29, 0.717) is 0 Å². The number of nitrogens with zero attached hydrogens (tertiary/aromatic N) is 1. The third kappa shape index (κ3) is 3.89. The molecule has 0 spiro atoms. The molecule has 0 aliphatic heterocycles. The zero-order valence-corrected chi connectivity index (χ0v) is 22.4. The number of rotatable bonds is 3. The summed E-state index contributed by atoms with van der Waals surface area (Å²) >= 11 is 0. The topological polar surface area (TPSA) is 12.9 Å². The zero-order valence-electron chi connectivity index (χ0n) is 22.4. The van der Waals surface area contributed by atoms with Crippen molar-refractivity contribution in [3.8, 4) is 11.3 Å². The Morgan fingerprint density at radius 2 is 1.23 bits per heavy atom. The first-order valence-corrected chi connectivity index (χ1v) is 14.4. The Morgan fingerprint density at radius 1 is 0.500 bits per heavy atom. The third-order valence-electron chi connectivity index (χ3n) is 8.63. The van der Waals surface area contributed by atoms with Gasteiger partial charge in [-0.15, -0.1) is 0 Å². The van der Waals surface area contributed by atoms with Gasteiger partial charge in [-0.05, 0) is 104 Å². The van der Waals surface area contributed by atoms with Gasteiger partial charge in [0.25, 0.3) is 0 Å². The molecule has 190 valence electrons. The van der Waals surface area contributed by atoms with Gasteiger partial charge in [0.05, 0.1) is 11.4 Å². The first kappa shape index (κ1) is 23.2. The van der Waals surface area contributed by atoms with Gasteiger partial charge in [0.1, 0.15) is 0 Å². The highest BCUT2D eigenvalue weighted by molar-refractivity contribution is 6.15. The molecular weight excluding hydrogens is 482 g/mol. The van der Waals surface area contributed by atoms with Crippen LogP contribution in [0.4, 0.5) is 0 Å². The second kappa shape index (κ2) is 9.47. The van der Waals surface area contributed by atoms with Crippen LogP contribution in [0.1, 0.15) is 35.2 Å². The van der Waals surface area contributed by atoms with E-state index in [2.05, 4.69) is 127 Å². The molecule has 0 amide bonds. The van der Waals surface area contributed by atoms with E-state index in [4.69, 9.17) is 4.98 Å². The van der Waals surface area contributed by atoms with E-state index < -0.39 is 0 Å². The summed E-state index contributed by atoms with van der Waals surface area (Å²) in [7, 11) is 0. The van der Waals surface area contributed by atoms with Crippen molar-refractivity contribution in [1.82, 2.24) is 4.98 Å². The molecule has 1 aliphatic carbocycles. The fraction of sp³-hybridized carbons (Fsp3) is 0.103. The molecule has 1 heteroatoms. The summed E-state index contributed by atoms with van der Waals surface area (Å²) in [6.07, 6.45) is 9.28. The highest BCUT2D eigenvalue weighted by Crippen LogP contribution is 2.39. The number of hydrogen-bond acceptors (Lipinski definition) is 1. The van der Waals surface area contributed by atoms with Gasteiger partial charge in [0.15, 0.2) is 0 Å². The van der Waals surface area contributed by atoms with Crippen LogP contribution in [0.5, 0.6) is 0 Å². The van der Waals surface area contributed by atoms with Crippen LogP contribution in [0.3, 0.4) is 0 Å². The fourth-order valence-electron chi connectivity index (χ4n) is 6.62. The maximum atomic E-state index is 5.33. The Labute approximate surface area is 234 Å². The van der Waals surface area contributed by atoms with Crippen LogP contribution in [-0.2, 0) is 12.8 Å². The van der Waals surface area contributed by atoms with Gasteiger partial charge in [-0.2, -0.15) is 0 Å². The lowest BCUT2D eigenvalue weighted by molar-refractivity contribution is 0.690. The Balaban J connectivity index is 1.34. The van der Waals surface area contributed by atoms with Gasteiger partial charge in [-0.1, -0.05) is 103 Å². The Hall–Kier alpha value is -4.75. The number of hydrogen-bond donors (Lipinski definition) is 0. The lowest BCUT2D eigenvalue weighted by atomic mass is 9.85. The molecule has 1 aromatic heterocycles. The van der Waals surface area contributed by atoms with Gasteiger partial charge < -0.3 is 0 Å². The lowest BCUT2D eigenvalue weighted by Crippen LogP contribution is -2.03. The average molecular weight is 512 g/mol. The number of fused-ring (bicyclic) bond motifs is 7. The maximum Gasteiger partial charge on any atom is 0.0722 e. The monoisotopic (exact) mass is 511 g/mol. The molecule has 1 heterocycles. The second-order valence-corrected chi connectivity index (χ2v) is 11.0. The largest absolute Gasteiger partial charge is 0.248 e. The molecule has 0 saturated heterocycles. The molecule has 7 aromatic rings. The fourth-order valence-corrected chi connectivity index (χ4v) is 6.62. The molecule has 1 nitrogen and oxygen atoms in total. The molecule has 0 radical (unpaired) electrons. The minimum absolute atomic E-state index is 1.00. The van der Waals surface area contributed by atoms with Crippen molar-refractivity contribution < 1.29 is 0 Å². The number of benzene rings is 6. The molecule has 6 aromatic carbocycles. The van der Waals surface area contributed by atoms with Gasteiger partial charge in [-0.25, -0.2) is 4.98 Å². The van der Waals surface area contributed by atoms with E-state index in [0.717, 1.165) is 17.8 Å². The van der Waals surface area contributed by atoms with Crippen molar-refractivity contribution in [3.63, 3.8) is 0 Å². The van der Waals surface area contributed by atoms with Crippen molar-refractivity contribution in [2.75, 3.05) is 0 Å². The molecule has 0 N–H and O–H groups in total. The SMILES string of the molecule is C(=Cc1nc(-c2cc3c4c(ccc3c3ccccc23)CCCC4)cc2ccccc12)c1ccc2ccccc2c1. The van der Waals surface area contributed by atoms with Crippen LogP contribution in [0.25, 0.3) is 66.5 Å². The van der Waals surface area contributed by atoms with Gasteiger partial charge >= 0.3 is 0 Å². The Bertz CT molecular complexity index is 2110. The summed E-state index contributed by atoms with van der Waals surface area (Å²) in [5.41, 5.74) is 7.48. The van der Waals surface area contributed by atoms with Gasteiger partial charge in [-0.3, -0.25) is 0 Å². The lowest BCUT2D eigenvalue weighted by Gasteiger charge is -2.20. The van der Waals surface area contributed by atoms with Crippen LogP contribution in [0.15, 0.2) is 115 Å². The summed E-state index contributed by atoms with van der Waals surface area (Å²) in [5.74, 6) is 0. The summed E-state index contributed by atoms with van der Waals surface area (Å²) in [4.78, 5) is 5.33. The molecule has 0 unspecified atom stereocenters. The van der Waals surface area contributed by atoms with E-state index in [-0.39, 0.29) is 0 Å². The summed E-state index contributed by atoms with van der Waals surface area (Å²) < 4.78 is 0. The van der Waals surface area contributed by atoms with Crippen LogP contribution >= 0.6 is 0 Å². The van der Waals surface area contributed by atoms with Gasteiger partial charge in [0.2, 0.25) is 0 Å². The molecule has 1 aliphatic rings. The molecule has 8 rings (SSSR count). The molecule has 0 saturated carbocycles. The average Bonchev–Trinajstić information content (AvgIpc) is 3.02. The maximum absolute atomic E-state index is 5.33. The van der Waals surface area contributed by atoms with E-state index in [1.54, 1.807) is 0 Å². The van der Waals surface area contributed by atoms with E-state index in [9.17, 15) is 0 Å². The number of pyridine rings is 1. The van der Waals surface area contributed by atoms with Crippen LogP contribution in [0.2, 0.25) is 0 Å². The molecule has 0 atom stereocenters. The van der Waals surface area contributed by atoms with Crippen LogP contribution in [0, 0.1) is 0 Å². The third-order valence-corrected chi connectivity index (χ3v) is 8.63. The van der Waals surface area contributed by atoms with E-state index in [1.165, 1.54) is 84.6 Å². The highest BCUT2D eigenvalue weighted by atomic mass is 14.7. The Morgan fingerprint density at radius 3 is 2.12 bits per heavy atom. The van der Waals surface area contributed by atoms with Crippen LogP contribution in [-0.4, -0.2) is 4.98 Å². The molecular formula is C39H29N. The first-order chi connectivity index (χ1) is 19.8. The van der Waals surface area contributed by atoms with Crippen molar-refractivity contribution in [3.05, 3.63) is 138 Å². The summed E-state index contributed by atoms with van der Waals surface area (Å²) in [6.45, 7) is 0. The first-order valence-electron chi connectivity index (χ1n) is 14.4. The Kier molecular flexibility index (Phi) is 5.48. The minimum Gasteiger partial charge on any atom is -0.248 e. The second-order valence-electron chi connectivity index (χ2n) is 11.0. The van der Waals surface area contributed by atoms with Crippen molar-refractivity contribution in [2.24, 2.45) is 0 Å². The molecule has 0 bridgehead atoms. The summed E-state index contributed by atoms with van der Waals surface area (Å²) in [6, 6.07) is 42.0. The molecule has 40 heavy (non-hydrogen) atoms. The van der Waals surface area contributed by atoms with Crippen LogP contribution < -0.4 is 0 Å². The van der Waals surface area contributed by atoms with Gasteiger partial charge in [0, 0.05) is 10.9 Å². The number of aromatic nitrogens is 1. The quantitative estimate of drug-likeness (QED) is 0.215. The zero-order chi connectivity index (χ0) is 26.5. The van der Waals surface area contributed by atoms with E-state index in [1.807, 2.05) is 0 Å². The predicted molar refractivity (Wildman–Crippen MR) is 172 cm³/mol. The van der Waals surface area contributed by atoms with Crippen molar-refractivity contribution in [1.29, 1.82) is 0 Å². The number of aryl methyl sites for hydroxylation is 2. The minimum atomic E-state index is 1.00.